The number of rotatable bonds is 2. The van der Waals surface area contributed by atoms with Gasteiger partial charge in [0.1, 0.15) is 5.82 Å². The number of nitrogens with zero attached hydrogens (tertiary/aromatic N) is 3. The lowest BCUT2D eigenvalue weighted by Gasteiger charge is -2.37. The number of thioether (sulfide) groups is 1. The van der Waals surface area contributed by atoms with E-state index in [0.29, 0.717) is 28.5 Å². The fourth-order valence-corrected chi connectivity index (χ4v) is 4.24. The molecule has 2 heterocycles. The summed E-state index contributed by atoms with van der Waals surface area (Å²) >= 11 is 5.08. The first-order chi connectivity index (χ1) is 11.0. The molecule has 1 fully saturated rings. The lowest BCUT2D eigenvalue weighted by Crippen LogP contribution is -2.48. The number of anilines is 1. The van der Waals surface area contributed by atoms with Gasteiger partial charge >= 0.3 is 0 Å². The lowest BCUT2D eigenvalue weighted by atomic mass is 10.1. The SMILES string of the molecule is CC1CN=C(N2CCN(c3cc(Br)cc(F)c3C(N)=O)CC2)S1. The van der Waals surface area contributed by atoms with Gasteiger partial charge in [0.15, 0.2) is 5.17 Å². The zero-order chi connectivity index (χ0) is 16.6. The minimum atomic E-state index is -0.739. The first kappa shape index (κ1) is 16.6. The van der Waals surface area contributed by atoms with Gasteiger partial charge in [-0.1, -0.05) is 34.6 Å². The Morgan fingerprint density at radius 1 is 1.35 bits per heavy atom. The van der Waals surface area contributed by atoms with Gasteiger partial charge in [-0.25, -0.2) is 4.39 Å². The van der Waals surface area contributed by atoms with Crippen LogP contribution in [0.15, 0.2) is 21.6 Å². The summed E-state index contributed by atoms with van der Waals surface area (Å²) in [5, 5.41) is 1.62. The highest BCUT2D eigenvalue weighted by Gasteiger charge is 2.27. The Morgan fingerprint density at radius 2 is 2.00 bits per heavy atom. The highest BCUT2D eigenvalue weighted by Crippen LogP contribution is 2.30. The van der Waals surface area contributed by atoms with Gasteiger partial charge in [-0.2, -0.15) is 0 Å². The number of primary amides is 1. The molecule has 2 N–H and O–H groups in total. The second-order valence-corrected chi connectivity index (χ2v) is 7.99. The number of amides is 1. The molecule has 0 saturated carbocycles. The predicted octanol–water partition coefficient (Wildman–Crippen LogP) is 2.30. The van der Waals surface area contributed by atoms with Crippen molar-refractivity contribution in [3.05, 3.63) is 28.0 Å². The maximum Gasteiger partial charge on any atom is 0.253 e. The van der Waals surface area contributed by atoms with Crippen LogP contribution in [0.3, 0.4) is 0 Å². The molecule has 2 aliphatic rings. The van der Waals surface area contributed by atoms with Crippen LogP contribution >= 0.6 is 27.7 Å². The topological polar surface area (TPSA) is 61.9 Å². The van der Waals surface area contributed by atoms with E-state index in [1.54, 1.807) is 17.8 Å². The van der Waals surface area contributed by atoms with Crippen LogP contribution < -0.4 is 10.6 Å². The fraction of sp³-hybridized carbons (Fsp3) is 0.467. The van der Waals surface area contributed by atoms with Crippen LogP contribution in [0.4, 0.5) is 10.1 Å². The van der Waals surface area contributed by atoms with Crippen molar-refractivity contribution >= 4 is 44.5 Å². The zero-order valence-electron chi connectivity index (χ0n) is 12.8. The fourth-order valence-electron chi connectivity index (χ4n) is 2.83. The van der Waals surface area contributed by atoms with E-state index in [0.717, 1.165) is 24.8 Å². The number of benzene rings is 1. The number of nitrogens with two attached hydrogens (primary N) is 1. The maximum atomic E-state index is 14.1. The summed E-state index contributed by atoms with van der Waals surface area (Å²) in [5.41, 5.74) is 5.88. The van der Waals surface area contributed by atoms with Crippen molar-refractivity contribution in [1.82, 2.24) is 4.90 Å². The van der Waals surface area contributed by atoms with E-state index in [1.807, 2.05) is 4.90 Å². The minimum absolute atomic E-state index is 0.0390. The molecule has 0 radical (unpaired) electrons. The number of carbonyl (C=O) groups is 1. The number of amidine groups is 1. The van der Waals surface area contributed by atoms with Gasteiger partial charge in [-0.3, -0.25) is 9.79 Å². The van der Waals surface area contributed by atoms with E-state index < -0.39 is 11.7 Å². The van der Waals surface area contributed by atoms with E-state index in [4.69, 9.17) is 5.73 Å². The van der Waals surface area contributed by atoms with Crippen LogP contribution in [0.1, 0.15) is 17.3 Å². The summed E-state index contributed by atoms with van der Waals surface area (Å²) in [6.45, 7) is 6.02. The molecular formula is C15H18BrFN4OS. The number of piperazine rings is 1. The van der Waals surface area contributed by atoms with Crippen LogP contribution in [0, 0.1) is 5.82 Å². The van der Waals surface area contributed by atoms with Crippen molar-refractivity contribution in [3.8, 4) is 0 Å². The van der Waals surface area contributed by atoms with Crippen molar-refractivity contribution < 1.29 is 9.18 Å². The average molecular weight is 401 g/mol. The number of aliphatic imine (C=N–C) groups is 1. The van der Waals surface area contributed by atoms with Crippen LogP contribution in [0.5, 0.6) is 0 Å². The molecule has 124 valence electrons. The molecule has 0 aromatic heterocycles. The molecule has 2 aliphatic heterocycles. The smallest absolute Gasteiger partial charge is 0.253 e. The number of hydrogen-bond acceptors (Lipinski definition) is 5. The summed E-state index contributed by atoms with van der Waals surface area (Å²) in [4.78, 5) is 20.4. The normalized spacial score (nSPS) is 21.5. The Morgan fingerprint density at radius 3 is 2.57 bits per heavy atom. The van der Waals surface area contributed by atoms with E-state index >= 15 is 0 Å². The number of hydrogen-bond donors (Lipinski definition) is 1. The van der Waals surface area contributed by atoms with Crippen molar-refractivity contribution in [1.29, 1.82) is 0 Å². The zero-order valence-corrected chi connectivity index (χ0v) is 15.2. The van der Waals surface area contributed by atoms with E-state index in [2.05, 4.69) is 32.7 Å². The third-order valence-corrected chi connectivity index (χ3v) is 5.57. The van der Waals surface area contributed by atoms with Gasteiger partial charge in [-0.05, 0) is 12.1 Å². The lowest BCUT2D eigenvalue weighted by molar-refractivity contribution is 0.0997. The molecule has 1 atom stereocenters. The van der Waals surface area contributed by atoms with Crippen molar-refractivity contribution in [3.63, 3.8) is 0 Å². The second kappa shape index (κ2) is 6.68. The van der Waals surface area contributed by atoms with Crippen molar-refractivity contribution in [2.45, 2.75) is 12.2 Å². The molecule has 0 spiro atoms. The maximum absolute atomic E-state index is 14.1. The summed E-state index contributed by atoms with van der Waals surface area (Å²) in [5.74, 6) is -1.33. The highest BCUT2D eigenvalue weighted by atomic mass is 79.9. The van der Waals surface area contributed by atoms with Gasteiger partial charge in [0, 0.05) is 35.9 Å². The molecule has 1 amide bonds. The largest absolute Gasteiger partial charge is 0.367 e. The Balaban J connectivity index is 1.76. The molecule has 1 aromatic rings. The molecule has 1 aromatic carbocycles. The molecule has 8 heteroatoms. The number of carbonyl (C=O) groups excluding carboxylic acids is 1. The van der Waals surface area contributed by atoms with Gasteiger partial charge in [0.05, 0.1) is 17.8 Å². The van der Waals surface area contributed by atoms with Crippen LogP contribution in [-0.4, -0.2) is 53.9 Å². The molecule has 0 aliphatic carbocycles. The highest BCUT2D eigenvalue weighted by molar-refractivity contribution is 9.10. The quantitative estimate of drug-likeness (QED) is 0.826. The van der Waals surface area contributed by atoms with Gasteiger partial charge < -0.3 is 15.5 Å². The molecule has 0 bridgehead atoms. The summed E-state index contributed by atoms with van der Waals surface area (Å²) in [6, 6.07) is 3.02. The standard InChI is InChI=1S/C15H18BrFN4OS/c1-9-8-19-15(23-9)21-4-2-20(3-5-21)12-7-10(16)6-11(17)13(12)14(18)22/h6-7,9H,2-5,8H2,1H3,(H2,18,22). The van der Waals surface area contributed by atoms with Crippen LogP contribution in [0.2, 0.25) is 0 Å². The Hall–Kier alpha value is -1.28. The van der Waals surface area contributed by atoms with Crippen molar-refractivity contribution in [2.24, 2.45) is 10.7 Å². The van der Waals surface area contributed by atoms with E-state index in [-0.39, 0.29) is 5.56 Å². The first-order valence-electron chi connectivity index (χ1n) is 7.45. The molecule has 1 saturated heterocycles. The van der Waals surface area contributed by atoms with Crippen LogP contribution in [0.25, 0.3) is 0 Å². The Kier molecular flexibility index (Phi) is 4.82. The first-order valence-corrected chi connectivity index (χ1v) is 9.13. The monoisotopic (exact) mass is 400 g/mol. The molecular weight excluding hydrogens is 383 g/mol. The van der Waals surface area contributed by atoms with Crippen molar-refractivity contribution in [2.75, 3.05) is 37.6 Å². The Bertz CT molecular complexity index is 661. The van der Waals surface area contributed by atoms with Crippen LogP contribution in [-0.2, 0) is 0 Å². The third kappa shape index (κ3) is 3.47. The third-order valence-electron chi connectivity index (χ3n) is 3.96. The second-order valence-electron chi connectivity index (χ2n) is 5.67. The predicted molar refractivity (Wildman–Crippen MR) is 95.8 cm³/mol. The molecule has 1 unspecified atom stereocenters. The molecule has 5 nitrogen and oxygen atoms in total. The summed E-state index contributed by atoms with van der Waals surface area (Å²) in [6.07, 6.45) is 0. The molecule has 3 rings (SSSR count). The minimum Gasteiger partial charge on any atom is -0.367 e. The van der Waals surface area contributed by atoms with Gasteiger partial charge in [0.2, 0.25) is 0 Å². The summed E-state index contributed by atoms with van der Waals surface area (Å²) < 4.78 is 14.7. The number of halogens is 2. The van der Waals surface area contributed by atoms with E-state index in [1.165, 1.54) is 6.07 Å². The Labute approximate surface area is 147 Å². The van der Waals surface area contributed by atoms with Gasteiger partial charge in [-0.15, -0.1) is 0 Å². The summed E-state index contributed by atoms with van der Waals surface area (Å²) in [7, 11) is 0. The van der Waals surface area contributed by atoms with E-state index in [9.17, 15) is 9.18 Å². The van der Waals surface area contributed by atoms with Gasteiger partial charge in [0.25, 0.3) is 5.91 Å². The average Bonchev–Trinajstić information content (AvgIpc) is 2.92. The molecule has 23 heavy (non-hydrogen) atoms.